The third-order valence-corrected chi connectivity index (χ3v) is 24.4. The van der Waals surface area contributed by atoms with Crippen LogP contribution in [-0.2, 0) is 55.2 Å². The normalized spacial score (nSPS) is 17.2. The summed E-state index contributed by atoms with van der Waals surface area (Å²) in [4.78, 5) is 4.96. The molecule has 0 aromatic heterocycles. The van der Waals surface area contributed by atoms with Crippen molar-refractivity contribution >= 4 is 54.9 Å². The molecule has 18 rings (SSSR count). The summed E-state index contributed by atoms with van der Waals surface area (Å²) < 4.78 is 33.6. The van der Waals surface area contributed by atoms with E-state index in [1.165, 1.54) is 90.7 Å². The van der Waals surface area contributed by atoms with E-state index in [0.29, 0.717) is 6.54 Å². The van der Waals surface area contributed by atoms with Crippen LogP contribution >= 0.6 is 31.9 Å². The van der Waals surface area contributed by atoms with Gasteiger partial charge in [-0.1, -0.05) is 250 Å². The Kier molecular flexibility index (Phi) is 33.0. The zero-order valence-electron chi connectivity index (χ0n) is 68.3. The van der Waals surface area contributed by atoms with Crippen LogP contribution < -0.4 is 50.7 Å². The summed E-state index contributed by atoms with van der Waals surface area (Å²) in [6, 6.07) is 111. The second-order valence-electron chi connectivity index (χ2n) is 30.2. The molecule has 3 N–H and O–H groups in total. The van der Waals surface area contributed by atoms with Crippen LogP contribution in [0.2, 0.25) is 0 Å². The van der Waals surface area contributed by atoms with Gasteiger partial charge in [0, 0.05) is 64.8 Å². The average molecular weight is 1780 g/mol. The van der Waals surface area contributed by atoms with Crippen LogP contribution in [0.3, 0.4) is 0 Å². The van der Waals surface area contributed by atoms with Crippen molar-refractivity contribution in [3.05, 3.63) is 425 Å². The summed E-state index contributed by atoms with van der Waals surface area (Å²) in [6.45, 7) is 7.82. The fourth-order valence-corrected chi connectivity index (χ4v) is 18.0. The number of ether oxygens (including phenoxy) is 6. The second kappa shape index (κ2) is 43.6. The monoisotopic (exact) mass is 1770 g/mol. The molecule has 3 aliphatic heterocycles. The van der Waals surface area contributed by atoms with Crippen molar-refractivity contribution < 1.29 is 55.6 Å². The number of hydrogen-bond acceptors (Lipinski definition) is 11. The van der Waals surface area contributed by atoms with Crippen LogP contribution in [0.25, 0.3) is 0 Å². The van der Waals surface area contributed by atoms with Crippen LogP contribution in [0.4, 0.5) is 0 Å². The van der Waals surface area contributed by atoms with E-state index in [1.54, 1.807) is 48.7 Å². The maximum atomic E-state index is 11.5. The molecular formula is C103H104Br3MgN3O8. The molecule has 0 saturated carbocycles. The number of fused-ring (bicyclic) bond motifs is 8. The number of halogens is 3. The first-order valence-corrected chi connectivity index (χ1v) is 41.4. The van der Waals surface area contributed by atoms with E-state index < -0.39 is 11.7 Å². The standard InChI is InChI=1S/C25H27NO2.C25H25NO.C18H19NO.C14H13BrO2.C14H13BrO.C7H7O.BrH.Mg/c1-28-23-12-7-10-21(17-23)16-22-11-5-6-13-24(22)25(27)14-15-26(19-25)18-20-8-3-2-4-9-20;1-27-22-11-12-24-21(16-22)15-20-9-5-6-10-23(20)25(24)13-14-26(18-25)17-19-7-3-2-4-8-19;1-20-15-6-7-17-14(11-15)10-13-4-2-3-5-16(13)18(17)8-9-19-12-18;1-17-11-6-4-5-10(9-11)14(16)12-7-2-3-8-13(12)15;1-16-13-7-4-5-11(10-13)9-12-6-2-3-8-14(12)15;1-8-7-5-3-2-4-6-7;;/h2-13,17,27H,14-16,18-19H2,1H3;2-12,16H,13-15,17-18H2,1H3;2-7,11,19H,8-10,12H2,1H3;2-9,14,16H,1H3;2-8,10H,9H2,1H3;2-3,5-6H,1H3;1H;/q;;;;;-1;;+2/p-1. The Balaban J connectivity index is 0.000000143. The summed E-state index contributed by atoms with van der Waals surface area (Å²) in [5, 5.41) is 25.4. The van der Waals surface area contributed by atoms with Crippen molar-refractivity contribution in [2.45, 2.75) is 80.6 Å². The van der Waals surface area contributed by atoms with Crippen molar-refractivity contribution in [2.75, 3.05) is 81.9 Å². The third kappa shape index (κ3) is 22.4. The van der Waals surface area contributed by atoms with Crippen molar-refractivity contribution in [2.24, 2.45) is 0 Å². The van der Waals surface area contributed by atoms with Gasteiger partial charge in [0.2, 0.25) is 0 Å². The number of aliphatic hydroxyl groups is 2. The van der Waals surface area contributed by atoms with Crippen molar-refractivity contribution in [1.82, 2.24) is 15.1 Å². The molecule has 4 atom stereocenters. The number of likely N-dealkylation sites (tertiary alicyclic amines) is 2. The maximum absolute atomic E-state index is 11.5. The molecule has 3 fully saturated rings. The largest absolute Gasteiger partial charge is 2.00 e. The Morgan fingerprint density at radius 2 is 0.839 bits per heavy atom. The minimum Gasteiger partial charge on any atom is -1.00 e. The average Bonchev–Trinajstić information content (AvgIpc) is 1.50. The van der Waals surface area contributed by atoms with E-state index >= 15 is 0 Å². The number of β-amino-alcohol motifs (C(OH)–C–C–N with tert-alkyl or cyclic N) is 1. The molecule has 5 aliphatic rings. The summed E-state index contributed by atoms with van der Waals surface area (Å²) in [5.41, 5.74) is 21.6. The van der Waals surface area contributed by atoms with Gasteiger partial charge in [0.1, 0.15) is 40.5 Å². The van der Waals surface area contributed by atoms with Crippen molar-refractivity contribution in [1.29, 1.82) is 0 Å². The molecule has 2 spiro atoms. The first kappa shape index (κ1) is 89.5. The van der Waals surface area contributed by atoms with Gasteiger partial charge in [-0.3, -0.25) is 9.80 Å². The number of rotatable bonds is 17. The molecule has 3 heterocycles. The summed E-state index contributed by atoms with van der Waals surface area (Å²) in [7, 11) is 10.1. The van der Waals surface area contributed by atoms with Crippen LogP contribution in [0.1, 0.15) is 120 Å². The van der Waals surface area contributed by atoms with Crippen molar-refractivity contribution in [3.63, 3.8) is 0 Å². The summed E-state index contributed by atoms with van der Waals surface area (Å²) in [5.74, 6) is 5.29. The van der Waals surface area contributed by atoms with Crippen LogP contribution in [-0.4, -0.2) is 125 Å². The summed E-state index contributed by atoms with van der Waals surface area (Å²) >= 11 is 7.00. The van der Waals surface area contributed by atoms with E-state index in [1.807, 2.05) is 109 Å². The number of benzene rings is 13. The molecule has 15 heteroatoms. The zero-order chi connectivity index (χ0) is 80.7. The molecule has 13 aromatic rings. The van der Waals surface area contributed by atoms with Crippen LogP contribution in [0.15, 0.2) is 324 Å². The van der Waals surface area contributed by atoms with Gasteiger partial charge in [-0.05, 0) is 225 Å². The number of nitrogens with zero attached hydrogens (tertiary/aromatic N) is 2. The molecule has 602 valence electrons. The van der Waals surface area contributed by atoms with E-state index in [4.69, 9.17) is 28.4 Å². The Morgan fingerprint density at radius 3 is 1.37 bits per heavy atom. The van der Waals surface area contributed by atoms with Gasteiger partial charge < -0.3 is 60.9 Å². The van der Waals surface area contributed by atoms with Crippen LogP contribution in [0, 0.1) is 6.07 Å². The van der Waals surface area contributed by atoms with Gasteiger partial charge in [-0.15, -0.1) is 12.1 Å². The van der Waals surface area contributed by atoms with Crippen molar-refractivity contribution in [3.8, 4) is 34.5 Å². The molecule has 0 amide bonds. The molecule has 4 unspecified atom stereocenters. The molecular weight excluding hydrogens is 1670 g/mol. The van der Waals surface area contributed by atoms with E-state index in [-0.39, 0.29) is 50.9 Å². The Hall–Kier alpha value is -9.33. The Bertz CT molecular complexity index is 5330. The molecule has 118 heavy (non-hydrogen) atoms. The number of aliphatic hydroxyl groups excluding tert-OH is 1. The second-order valence-corrected chi connectivity index (χ2v) is 31.9. The fourth-order valence-electron chi connectivity index (χ4n) is 17.1. The molecule has 13 aromatic carbocycles. The predicted molar refractivity (Wildman–Crippen MR) is 481 cm³/mol. The summed E-state index contributed by atoms with van der Waals surface area (Å²) in [6.07, 6.45) is 6.19. The van der Waals surface area contributed by atoms with E-state index in [0.717, 1.165) is 138 Å². The number of hydrogen-bond donors (Lipinski definition) is 3. The molecule has 0 radical (unpaired) electrons. The zero-order valence-corrected chi connectivity index (χ0v) is 74.5. The SMILES string of the molecule is COc1c[c-]ccc1.COc1ccc2c(c1)Cc1ccccc1C21CCN(Cc2ccccc2)C1.COc1ccc2c(c1)Cc1ccccc1C21CCNC1.COc1cccc(C(O)c2ccccc2Br)c1.COc1cccc(Cc2ccccc2Br)c1.COc1cccc(Cc2ccccc2C2(O)CCN(Cc3ccccc3)C2)c1.[Br-].[Mg+2]. The topological polar surface area (TPSA) is 114 Å². The molecule has 3 saturated heterocycles. The Labute approximate surface area is 741 Å². The molecule has 2 aliphatic carbocycles. The number of nitrogens with one attached hydrogen (secondary N) is 1. The first-order chi connectivity index (χ1) is 56.7. The van der Waals surface area contributed by atoms with E-state index in [9.17, 15) is 10.2 Å². The number of methoxy groups -OCH3 is 6. The third-order valence-electron chi connectivity index (χ3n) is 22.9. The van der Waals surface area contributed by atoms with Gasteiger partial charge >= 0.3 is 23.1 Å². The minimum atomic E-state index is -0.801. The van der Waals surface area contributed by atoms with Gasteiger partial charge in [0.05, 0.1) is 42.7 Å². The fraction of sp³-hybridized carbons (Fsp3) is 0.243. The van der Waals surface area contributed by atoms with E-state index in [2.05, 4.69) is 253 Å². The van der Waals surface area contributed by atoms with Gasteiger partial charge in [0.25, 0.3) is 0 Å². The quantitative estimate of drug-likeness (QED) is 0.0598. The van der Waals surface area contributed by atoms with Gasteiger partial charge in [0.15, 0.2) is 0 Å². The smallest absolute Gasteiger partial charge is 1.00 e. The molecule has 0 bridgehead atoms. The Morgan fingerprint density at radius 1 is 0.398 bits per heavy atom. The van der Waals surface area contributed by atoms with Gasteiger partial charge in [-0.25, -0.2) is 0 Å². The minimum absolute atomic E-state index is 0. The van der Waals surface area contributed by atoms with Crippen LogP contribution in [0.5, 0.6) is 34.5 Å². The van der Waals surface area contributed by atoms with Gasteiger partial charge in [-0.2, -0.15) is 18.2 Å². The molecule has 11 nitrogen and oxygen atoms in total. The first-order valence-electron chi connectivity index (χ1n) is 39.8. The predicted octanol–water partition coefficient (Wildman–Crippen LogP) is 17.8. The maximum Gasteiger partial charge on any atom is 2.00 e.